The summed E-state index contributed by atoms with van der Waals surface area (Å²) >= 11 is 0. The van der Waals surface area contributed by atoms with Crippen LogP contribution in [0.4, 0.5) is 0 Å². The zero-order chi connectivity index (χ0) is 15.4. The van der Waals surface area contributed by atoms with Crippen molar-refractivity contribution in [2.24, 2.45) is 0 Å². The van der Waals surface area contributed by atoms with E-state index in [1.54, 1.807) is 0 Å². The van der Waals surface area contributed by atoms with Crippen LogP contribution in [-0.4, -0.2) is 10.9 Å². The number of hydrogen-bond donors (Lipinski definition) is 0. The van der Waals surface area contributed by atoms with Crippen LogP contribution in [-0.2, 0) is 11.3 Å². The average molecular weight is 293 g/mol. The first-order valence-corrected chi connectivity index (χ1v) is 7.09. The molecule has 0 bridgehead atoms. The molecule has 0 fully saturated rings. The number of carbonyl (C=O) groups excluding carboxylic acids is 1. The molecule has 1 heterocycles. The van der Waals surface area contributed by atoms with Crippen LogP contribution in [0.3, 0.4) is 0 Å². The summed E-state index contributed by atoms with van der Waals surface area (Å²) in [5.41, 5.74) is 2.43. The molecular weight excluding hydrogens is 278 g/mol. The van der Waals surface area contributed by atoms with Crippen molar-refractivity contribution in [1.29, 1.82) is 0 Å². The first-order valence-electron chi connectivity index (χ1n) is 7.09. The van der Waals surface area contributed by atoms with Crippen molar-refractivity contribution < 1.29 is 9.21 Å². The number of aldehydes is 1. The van der Waals surface area contributed by atoms with E-state index >= 15 is 0 Å². The minimum Gasteiger partial charge on any atom is -0.407 e. The SMILES string of the molecule is O=CCCn1c(-c2ccccc2)c(-c2ccccc2)oc1=O. The van der Waals surface area contributed by atoms with Gasteiger partial charge in [-0.15, -0.1) is 0 Å². The highest BCUT2D eigenvalue weighted by Gasteiger charge is 2.19. The highest BCUT2D eigenvalue weighted by atomic mass is 16.4. The molecule has 0 saturated heterocycles. The van der Waals surface area contributed by atoms with Gasteiger partial charge in [0.25, 0.3) is 0 Å². The van der Waals surface area contributed by atoms with Crippen molar-refractivity contribution in [3.8, 4) is 22.6 Å². The maximum absolute atomic E-state index is 12.2. The van der Waals surface area contributed by atoms with Crippen molar-refractivity contribution in [3.05, 3.63) is 71.2 Å². The third-order valence-electron chi connectivity index (χ3n) is 3.45. The van der Waals surface area contributed by atoms with Crippen molar-refractivity contribution in [3.63, 3.8) is 0 Å². The molecule has 0 amide bonds. The van der Waals surface area contributed by atoms with Crippen molar-refractivity contribution in [2.75, 3.05) is 0 Å². The van der Waals surface area contributed by atoms with E-state index < -0.39 is 5.76 Å². The highest BCUT2D eigenvalue weighted by Crippen LogP contribution is 2.31. The molecule has 0 radical (unpaired) electrons. The number of hydrogen-bond acceptors (Lipinski definition) is 3. The first-order chi connectivity index (χ1) is 10.8. The van der Waals surface area contributed by atoms with Crippen LogP contribution >= 0.6 is 0 Å². The number of rotatable bonds is 5. The fraction of sp³-hybridized carbons (Fsp3) is 0.111. The molecule has 0 unspecified atom stereocenters. The van der Waals surface area contributed by atoms with Gasteiger partial charge in [0.2, 0.25) is 0 Å². The van der Waals surface area contributed by atoms with Gasteiger partial charge in [-0.25, -0.2) is 4.79 Å². The number of benzene rings is 2. The van der Waals surface area contributed by atoms with E-state index in [0.717, 1.165) is 17.4 Å². The lowest BCUT2D eigenvalue weighted by Crippen LogP contribution is -2.15. The normalized spacial score (nSPS) is 10.5. The molecule has 110 valence electrons. The van der Waals surface area contributed by atoms with Crippen LogP contribution in [0.2, 0.25) is 0 Å². The Balaban J connectivity index is 2.22. The third-order valence-corrected chi connectivity index (χ3v) is 3.45. The number of nitrogens with zero attached hydrogens (tertiary/aromatic N) is 1. The van der Waals surface area contributed by atoms with Gasteiger partial charge in [0.1, 0.15) is 6.29 Å². The van der Waals surface area contributed by atoms with Gasteiger partial charge in [-0.1, -0.05) is 60.7 Å². The van der Waals surface area contributed by atoms with E-state index in [1.807, 2.05) is 60.7 Å². The molecule has 0 aliphatic heterocycles. The fourth-order valence-corrected chi connectivity index (χ4v) is 2.46. The second-order valence-electron chi connectivity index (χ2n) is 4.88. The van der Waals surface area contributed by atoms with Crippen LogP contribution in [0.15, 0.2) is 69.9 Å². The van der Waals surface area contributed by atoms with Gasteiger partial charge >= 0.3 is 5.76 Å². The highest BCUT2D eigenvalue weighted by molar-refractivity contribution is 5.77. The Bertz CT molecular complexity index is 817. The summed E-state index contributed by atoms with van der Waals surface area (Å²) < 4.78 is 6.99. The van der Waals surface area contributed by atoms with Crippen LogP contribution < -0.4 is 5.76 Å². The zero-order valence-corrected chi connectivity index (χ0v) is 11.9. The summed E-state index contributed by atoms with van der Waals surface area (Å²) in [4.78, 5) is 22.9. The largest absolute Gasteiger partial charge is 0.420 e. The topological polar surface area (TPSA) is 52.2 Å². The average Bonchev–Trinajstić information content (AvgIpc) is 2.91. The van der Waals surface area contributed by atoms with E-state index in [-0.39, 0.29) is 6.42 Å². The smallest absolute Gasteiger partial charge is 0.407 e. The predicted octanol–water partition coefficient (Wildman–Crippen LogP) is 3.36. The molecule has 0 aliphatic carbocycles. The molecular formula is C18H15NO3. The van der Waals surface area contributed by atoms with Gasteiger partial charge in [0.05, 0.1) is 5.69 Å². The van der Waals surface area contributed by atoms with E-state index in [4.69, 9.17) is 4.42 Å². The summed E-state index contributed by atoms with van der Waals surface area (Å²) in [6.07, 6.45) is 1.07. The number of oxazole rings is 1. The maximum Gasteiger partial charge on any atom is 0.420 e. The molecule has 22 heavy (non-hydrogen) atoms. The molecule has 3 rings (SSSR count). The van der Waals surface area contributed by atoms with Crippen LogP contribution in [0, 0.1) is 0 Å². The lowest BCUT2D eigenvalue weighted by Gasteiger charge is -2.07. The maximum atomic E-state index is 12.2. The van der Waals surface area contributed by atoms with Gasteiger partial charge in [-0.05, 0) is 0 Å². The molecule has 0 N–H and O–H groups in total. The molecule has 2 aromatic carbocycles. The first kappa shape index (κ1) is 14.1. The summed E-state index contributed by atoms with van der Waals surface area (Å²) in [6.45, 7) is 0.308. The number of aromatic nitrogens is 1. The zero-order valence-electron chi connectivity index (χ0n) is 11.9. The minimum atomic E-state index is -0.445. The molecule has 0 aliphatic rings. The Morgan fingerprint density at radius 2 is 1.50 bits per heavy atom. The molecule has 3 aromatic rings. The standard InChI is InChI=1S/C18H15NO3/c20-13-7-12-19-16(14-8-3-1-4-9-14)17(22-18(19)21)15-10-5-2-6-11-15/h1-6,8-11,13H,7,12H2. The molecule has 1 aromatic heterocycles. The number of carbonyl (C=O) groups is 1. The van der Waals surface area contributed by atoms with Crippen LogP contribution in [0.25, 0.3) is 22.6 Å². The lowest BCUT2D eigenvalue weighted by molar-refractivity contribution is -0.108. The van der Waals surface area contributed by atoms with Gasteiger partial charge in [0.15, 0.2) is 5.76 Å². The second-order valence-corrected chi connectivity index (χ2v) is 4.88. The van der Waals surface area contributed by atoms with Crippen molar-refractivity contribution in [1.82, 2.24) is 4.57 Å². The Labute approximate surface area is 127 Å². The summed E-state index contributed by atoms with van der Waals surface area (Å²) in [6, 6.07) is 19.1. The monoisotopic (exact) mass is 293 g/mol. The lowest BCUT2D eigenvalue weighted by atomic mass is 10.1. The van der Waals surface area contributed by atoms with Crippen LogP contribution in [0.1, 0.15) is 6.42 Å². The van der Waals surface area contributed by atoms with Gasteiger partial charge < -0.3 is 9.21 Å². The Kier molecular flexibility index (Phi) is 4.01. The van der Waals surface area contributed by atoms with E-state index in [2.05, 4.69) is 0 Å². The molecule has 4 heteroatoms. The molecule has 4 nitrogen and oxygen atoms in total. The quantitative estimate of drug-likeness (QED) is 0.678. The van der Waals surface area contributed by atoms with Crippen molar-refractivity contribution in [2.45, 2.75) is 13.0 Å². The predicted molar refractivity (Wildman–Crippen MR) is 84.5 cm³/mol. The summed E-state index contributed by atoms with van der Waals surface area (Å²) in [5.74, 6) is 0.0854. The molecule has 0 atom stereocenters. The Morgan fingerprint density at radius 1 is 0.909 bits per heavy atom. The van der Waals surface area contributed by atoms with Gasteiger partial charge in [-0.3, -0.25) is 4.57 Å². The van der Waals surface area contributed by atoms with Gasteiger partial charge in [-0.2, -0.15) is 0 Å². The van der Waals surface area contributed by atoms with E-state index in [9.17, 15) is 9.59 Å². The second kappa shape index (κ2) is 6.26. The molecule has 0 spiro atoms. The van der Waals surface area contributed by atoms with E-state index in [0.29, 0.717) is 18.0 Å². The third kappa shape index (κ3) is 2.63. The van der Waals surface area contributed by atoms with Crippen molar-refractivity contribution >= 4 is 6.29 Å². The fourth-order valence-electron chi connectivity index (χ4n) is 2.46. The Hall–Kier alpha value is -2.88. The van der Waals surface area contributed by atoms with Gasteiger partial charge in [0, 0.05) is 24.1 Å². The summed E-state index contributed by atoms with van der Waals surface area (Å²) in [7, 11) is 0. The Morgan fingerprint density at radius 3 is 2.09 bits per heavy atom. The molecule has 0 saturated carbocycles. The summed E-state index contributed by atoms with van der Waals surface area (Å²) in [5, 5.41) is 0. The van der Waals surface area contributed by atoms with E-state index in [1.165, 1.54) is 4.57 Å². The minimum absolute atomic E-state index is 0.271. The van der Waals surface area contributed by atoms with Crippen LogP contribution in [0.5, 0.6) is 0 Å².